The number of carboxylic acid groups (broad SMARTS) is 1. The Bertz CT molecular complexity index is 415. The van der Waals surface area contributed by atoms with E-state index < -0.39 is 5.97 Å². The zero-order valence-electron chi connectivity index (χ0n) is 11.7. The molecule has 102 valence electrons. The van der Waals surface area contributed by atoms with E-state index in [1.807, 2.05) is 0 Å². The van der Waals surface area contributed by atoms with Crippen LogP contribution in [0.1, 0.15) is 64.7 Å². The Morgan fingerprint density at radius 3 is 2.05 bits per heavy atom. The Morgan fingerprint density at radius 2 is 1.42 bits per heavy atom. The van der Waals surface area contributed by atoms with Crippen LogP contribution in [-0.2, 0) is 4.79 Å². The number of hydrogen-bond acceptors (Lipinski definition) is 1. The standard InChI is InChI=1S/C17H22O2/c1-2-3-4-5-6-7-8-9-10-11-12-13-14-15-16-17(18)19/h2-3,10-16H2,1H3,(H,18,19). The molecule has 0 bridgehead atoms. The van der Waals surface area contributed by atoms with Crippen LogP contribution in [0.5, 0.6) is 0 Å². The Morgan fingerprint density at radius 1 is 0.842 bits per heavy atom. The van der Waals surface area contributed by atoms with Crippen LogP contribution in [0.2, 0.25) is 0 Å². The van der Waals surface area contributed by atoms with Gasteiger partial charge in [-0.2, -0.15) is 0 Å². The van der Waals surface area contributed by atoms with Crippen LogP contribution in [0, 0.1) is 35.5 Å². The van der Waals surface area contributed by atoms with E-state index in [0.717, 1.165) is 51.4 Å². The lowest BCUT2D eigenvalue weighted by Gasteiger charge is -1.96. The first kappa shape index (κ1) is 17.2. The highest BCUT2D eigenvalue weighted by molar-refractivity contribution is 5.66. The average Bonchev–Trinajstić information content (AvgIpc) is 2.39. The van der Waals surface area contributed by atoms with Crippen molar-refractivity contribution in [3.8, 4) is 35.5 Å². The van der Waals surface area contributed by atoms with Crippen molar-refractivity contribution in [1.82, 2.24) is 0 Å². The van der Waals surface area contributed by atoms with Crippen molar-refractivity contribution >= 4 is 5.97 Å². The summed E-state index contributed by atoms with van der Waals surface area (Å²) in [5.74, 6) is 16.2. The van der Waals surface area contributed by atoms with Crippen LogP contribution in [0.25, 0.3) is 0 Å². The SMILES string of the molecule is CCCC#CC#CC#CCCCCCCCC(=O)O. The smallest absolute Gasteiger partial charge is 0.303 e. The fraction of sp³-hybridized carbons (Fsp3) is 0.588. The van der Waals surface area contributed by atoms with E-state index in [0.29, 0.717) is 0 Å². The third kappa shape index (κ3) is 16.1. The first-order valence-corrected chi connectivity index (χ1v) is 6.95. The molecular formula is C17H22O2. The van der Waals surface area contributed by atoms with Crippen LogP contribution in [0.4, 0.5) is 0 Å². The molecule has 19 heavy (non-hydrogen) atoms. The van der Waals surface area contributed by atoms with E-state index in [1.165, 1.54) is 0 Å². The van der Waals surface area contributed by atoms with E-state index >= 15 is 0 Å². The molecule has 0 aromatic heterocycles. The second-order valence-electron chi connectivity index (χ2n) is 4.27. The van der Waals surface area contributed by atoms with Crippen LogP contribution in [0.3, 0.4) is 0 Å². The van der Waals surface area contributed by atoms with Gasteiger partial charge >= 0.3 is 5.97 Å². The predicted octanol–water partition coefficient (Wildman–Crippen LogP) is 3.61. The van der Waals surface area contributed by atoms with Gasteiger partial charge < -0.3 is 5.11 Å². The molecule has 0 aliphatic heterocycles. The van der Waals surface area contributed by atoms with Crippen LogP contribution < -0.4 is 0 Å². The molecule has 0 fully saturated rings. The lowest BCUT2D eigenvalue weighted by atomic mass is 10.1. The summed E-state index contributed by atoms with van der Waals surface area (Å²) in [6, 6.07) is 0. The number of unbranched alkanes of at least 4 members (excludes halogenated alkanes) is 6. The van der Waals surface area contributed by atoms with E-state index in [1.54, 1.807) is 0 Å². The minimum atomic E-state index is -0.702. The van der Waals surface area contributed by atoms with Gasteiger partial charge in [-0.3, -0.25) is 4.79 Å². The summed E-state index contributed by atoms with van der Waals surface area (Å²) in [4.78, 5) is 10.3. The molecule has 2 nitrogen and oxygen atoms in total. The predicted molar refractivity (Wildman–Crippen MR) is 78.2 cm³/mol. The Hall–Kier alpha value is -1.85. The quantitative estimate of drug-likeness (QED) is 0.533. The zero-order chi connectivity index (χ0) is 14.2. The fourth-order valence-corrected chi connectivity index (χ4v) is 1.42. The molecule has 0 spiro atoms. The molecule has 2 heteroatoms. The minimum absolute atomic E-state index is 0.286. The van der Waals surface area contributed by atoms with Crippen molar-refractivity contribution in [3.05, 3.63) is 0 Å². The van der Waals surface area contributed by atoms with Crippen molar-refractivity contribution in [3.63, 3.8) is 0 Å². The average molecular weight is 258 g/mol. The number of rotatable bonds is 8. The summed E-state index contributed by atoms with van der Waals surface area (Å²) < 4.78 is 0. The van der Waals surface area contributed by atoms with Crippen LogP contribution in [0.15, 0.2) is 0 Å². The summed E-state index contributed by atoms with van der Waals surface area (Å²) in [7, 11) is 0. The monoisotopic (exact) mass is 258 g/mol. The summed E-state index contributed by atoms with van der Waals surface area (Å²) in [6.45, 7) is 2.09. The van der Waals surface area contributed by atoms with E-state index in [-0.39, 0.29) is 6.42 Å². The Balaban J connectivity index is 3.40. The minimum Gasteiger partial charge on any atom is -0.481 e. The van der Waals surface area contributed by atoms with Gasteiger partial charge in [-0.15, -0.1) is 0 Å². The molecule has 0 rings (SSSR count). The molecule has 1 N–H and O–H groups in total. The topological polar surface area (TPSA) is 37.3 Å². The van der Waals surface area contributed by atoms with Gasteiger partial charge in [0.1, 0.15) is 0 Å². The van der Waals surface area contributed by atoms with Gasteiger partial charge in [0.2, 0.25) is 0 Å². The second-order valence-corrected chi connectivity index (χ2v) is 4.27. The van der Waals surface area contributed by atoms with Gasteiger partial charge in [0.05, 0.1) is 0 Å². The lowest BCUT2D eigenvalue weighted by molar-refractivity contribution is -0.137. The van der Waals surface area contributed by atoms with E-state index in [4.69, 9.17) is 5.11 Å². The van der Waals surface area contributed by atoms with Gasteiger partial charge in [-0.25, -0.2) is 0 Å². The number of carbonyl (C=O) groups is 1. The summed E-state index contributed by atoms with van der Waals surface area (Å²) in [5.41, 5.74) is 0. The fourth-order valence-electron chi connectivity index (χ4n) is 1.42. The van der Waals surface area contributed by atoms with Crippen molar-refractivity contribution in [2.75, 3.05) is 0 Å². The Labute approximate surface area is 117 Å². The molecule has 0 aromatic carbocycles. The van der Waals surface area contributed by atoms with Gasteiger partial charge in [-0.1, -0.05) is 38.0 Å². The largest absolute Gasteiger partial charge is 0.481 e. The summed E-state index contributed by atoms with van der Waals surface area (Å²) >= 11 is 0. The number of aliphatic carboxylic acids is 1. The molecular weight excluding hydrogens is 236 g/mol. The molecule has 0 aliphatic carbocycles. The third-order valence-electron chi connectivity index (χ3n) is 2.43. The van der Waals surface area contributed by atoms with Gasteiger partial charge in [-0.05, 0) is 42.9 Å². The van der Waals surface area contributed by atoms with Gasteiger partial charge in [0.15, 0.2) is 0 Å². The van der Waals surface area contributed by atoms with Crippen LogP contribution in [-0.4, -0.2) is 11.1 Å². The zero-order valence-corrected chi connectivity index (χ0v) is 11.7. The molecule has 0 heterocycles. The third-order valence-corrected chi connectivity index (χ3v) is 2.43. The summed E-state index contributed by atoms with van der Waals surface area (Å²) in [6.07, 6.45) is 8.13. The molecule has 0 unspecified atom stereocenters. The van der Waals surface area contributed by atoms with Crippen molar-refractivity contribution in [1.29, 1.82) is 0 Å². The molecule has 0 amide bonds. The molecule has 0 atom stereocenters. The maximum Gasteiger partial charge on any atom is 0.303 e. The number of hydrogen-bond donors (Lipinski definition) is 1. The molecule has 0 saturated carbocycles. The maximum atomic E-state index is 10.3. The highest BCUT2D eigenvalue weighted by Crippen LogP contribution is 2.06. The van der Waals surface area contributed by atoms with E-state index in [9.17, 15) is 4.79 Å². The van der Waals surface area contributed by atoms with E-state index in [2.05, 4.69) is 42.4 Å². The second kappa shape index (κ2) is 14.2. The highest BCUT2D eigenvalue weighted by atomic mass is 16.4. The van der Waals surface area contributed by atoms with Crippen molar-refractivity contribution in [2.45, 2.75) is 64.7 Å². The highest BCUT2D eigenvalue weighted by Gasteiger charge is 1.95. The van der Waals surface area contributed by atoms with Gasteiger partial charge in [0, 0.05) is 19.3 Å². The first-order valence-electron chi connectivity index (χ1n) is 6.95. The molecule has 0 radical (unpaired) electrons. The van der Waals surface area contributed by atoms with Crippen LogP contribution >= 0.6 is 0 Å². The van der Waals surface area contributed by atoms with Crippen molar-refractivity contribution in [2.24, 2.45) is 0 Å². The van der Waals surface area contributed by atoms with Crippen molar-refractivity contribution < 1.29 is 9.90 Å². The Kier molecular flexibility index (Phi) is 12.8. The molecule has 0 aliphatic rings. The normalized spacial score (nSPS) is 8.26. The van der Waals surface area contributed by atoms with Gasteiger partial charge in [0.25, 0.3) is 0 Å². The summed E-state index contributed by atoms with van der Waals surface area (Å²) in [5, 5.41) is 8.46. The number of carboxylic acids is 1. The first-order chi connectivity index (χ1) is 9.27. The lowest BCUT2D eigenvalue weighted by Crippen LogP contribution is -1.93. The maximum absolute atomic E-state index is 10.3. The molecule has 0 saturated heterocycles. The molecule has 0 aromatic rings.